The molecule has 6 heteroatoms. The van der Waals surface area contributed by atoms with Crippen molar-refractivity contribution in [2.24, 2.45) is 5.73 Å². The van der Waals surface area contributed by atoms with E-state index in [1.54, 1.807) is 18.2 Å². The maximum absolute atomic E-state index is 11.5. The van der Waals surface area contributed by atoms with Crippen molar-refractivity contribution in [1.29, 1.82) is 5.26 Å². The number of amides is 3. The Kier molecular flexibility index (Phi) is 3.45. The molecular weight excluding hydrogens is 208 g/mol. The molecule has 16 heavy (non-hydrogen) atoms. The van der Waals surface area contributed by atoms with E-state index in [-0.39, 0.29) is 5.69 Å². The summed E-state index contributed by atoms with van der Waals surface area (Å²) in [5.41, 5.74) is 11.2. The summed E-state index contributed by atoms with van der Waals surface area (Å²) in [5, 5.41) is 8.39. The molecule has 0 bridgehead atoms. The van der Waals surface area contributed by atoms with Crippen molar-refractivity contribution < 1.29 is 9.59 Å². The van der Waals surface area contributed by atoms with Crippen molar-refractivity contribution in [3.63, 3.8) is 0 Å². The third-order valence-electron chi connectivity index (χ3n) is 1.83. The number of rotatable bonds is 2. The van der Waals surface area contributed by atoms with E-state index in [2.05, 4.69) is 0 Å². The largest absolute Gasteiger partial charge is 0.399 e. The van der Waals surface area contributed by atoms with Crippen LogP contribution in [0.4, 0.5) is 16.2 Å². The van der Waals surface area contributed by atoms with Crippen LogP contribution in [0.3, 0.4) is 0 Å². The monoisotopic (exact) mass is 218 g/mol. The summed E-state index contributed by atoms with van der Waals surface area (Å²) in [4.78, 5) is 23.3. The normalized spacial score (nSPS) is 9.19. The van der Waals surface area contributed by atoms with Gasteiger partial charge in [0.1, 0.15) is 6.42 Å². The van der Waals surface area contributed by atoms with Crippen LogP contribution >= 0.6 is 0 Å². The minimum absolute atomic E-state index is 0.257. The zero-order valence-corrected chi connectivity index (χ0v) is 8.38. The minimum Gasteiger partial charge on any atom is -0.399 e. The Labute approximate surface area is 92.0 Å². The van der Waals surface area contributed by atoms with Gasteiger partial charge in [-0.15, -0.1) is 0 Å². The quantitative estimate of drug-likeness (QED) is 0.707. The zero-order chi connectivity index (χ0) is 12.1. The summed E-state index contributed by atoms with van der Waals surface area (Å²) in [7, 11) is 0. The van der Waals surface area contributed by atoms with Crippen molar-refractivity contribution in [1.82, 2.24) is 0 Å². The number of nitrogens with two attached hydrogens (primary N) is 2. The number of hydrogen-bond acceptors (Lipinski definition) is 4. The average Bonchev–Trinajstić information content (AvgIpc) is 2.17. The second-order valence-electron chi connectivity index (χ2n) is 3.00. The second-order valence-corrected chi connectivity index (χ2v) is 3.00. The standard InChI is InChI=1S/C10H10N4O2/c11-5-4-9(15)14(10(13)16)8-3-1-2-7(12)6-8/h1-3,6H,4,12H2,(H2,13,16). The summed E-state index contributed by atoms with van der Waals surface area (Å²) in [5.74, 6) is -0.680. The van der Waals surface area contributed by atoms with Crippen molar-refractivity contribution in [3.8, 4) is 6.07 Å². The van der Waals surface area contributed by atoms with Gasteiger partial charge in [0.2, 0.25) is 5.91 Å². The molecule has 0 aliphatic carbocycles. The number of anilines is 2. The fourth-order valence-corrected chi connectivity index (χ4v) is 1.20. The molecular formula is C10H10N4O2. The Hall–Kier alpha value is -2.55. The summed E-state index contributed by atoms with van der Waals surface area (Å²) in [6, 6.07) is 6.85. The molecule has 82 valence electrons. The Morgan fingerprint density at radius 3 is 2.62 bits per heavy atom. The van der Waals surface area contributed by atoms with Crippen LogP contribution in [0.15, 0.2) is 24.3 Å². The van der Waals surface area contributed by atoms with Gasteiger partial charge in [0.05, 0.1) is 11.8 Å². The maximum Gasteiger partial charge on any atom is 0.326 e. The van der Waals surface area contributed by atoms with Gasteiger partial charge in [0, 0.05) is 5.69 Å². The molecule has 0 saturated heterocycles. The number of benzene rings is 1. The van der Waals surface area contributed by atoms with Gasteiger partial charge < -0.3 is 11.5 Å². The highest BCUT2D eigenvalue weighted by Gasteiger charge is 2.20. The van der Waals surface area contributed by atoms with Crippen LogP contribution in [-0.2, 0) is 4.79 Å². The van der Waals surface area contributed by atoms with Crippen LogP contribution in [0, 0.1) is 11.3 Å². The van der Waals surface area contributed by atoms with Crippen molar-refractivity contribution in [3.05, 3.63) is 24.3 Å². The molecule has 4 N–H and O–H groups in total. The van der Waals surface area contributed by atoms with Crippen LogP contribution in [-0.4, -0.2) is 11.9 Å². The van der Waals surface area contributed by atoms with Crippen molar-refractivity contribution >= 4 is 23.3 Å². The number of nitrogen functional groups attached to an aromatic ring is 1. The van der Waals surface area contributed by atoms with Crippen LogP contribution in [0.1, 0.15) is 6.42 Å². The number of carbonyl (C=O) groups is 2. The lowest BCUT2D eigenvalue weighted by atomic mass is 10.2. The molecule has 0 saturated carbocycles. The molecule has 0 spiro atoms. The number of hydrogen-bond donors (Lipinski definition) is 2. The van der Waals surface area contributed by atoms with E-state index in [4.69, 9.17) is 16.7 Å². The van der Waals surface area contributed by atoms with Gasteiger partial charge in [0.15, 0.2) is 0 Å². The van der Waals surface area contributed by atoms with Crippen LogP contribution in [0.2, 0.25) is 0 Å². The van der Waals surface area contributed by atoms with E-state index in [1.165, 1.54) is 12.1 Å². The minimum atomic E-state index is -0.939. The average molecular weight is 218 g/mol. The predicted molar refractivity (Wildman–Crippen MR) is 58.2 cm³/mol. The fraction of sp³-hybridized carbons (Fsp3) is 0.100. The molecule has 0 heterocycles. The molecule has 0 aliphatic heterocycles. The molecule has 0 aromatic heterocycles. The summed E-state index contributed by atoms with van der Waals surface area (Å²) >= 11 is 0. The predicted octanol–water partition coefficient (Wildman–Crippen LogP) is 0.594. The lowest BCUT2D eigenvalue weighted by Crippen LogP contribution is -2.40. The van der Waals surface area contributed by atoms with Gasteiger partial charge >= 0.3 is 6.03 Å². The Morgan fingerprint density at radius 1 is 1.44 bits per heavy atom. The van der Waals surface area contributed by atoms with E-state index in [0.717, 1.165) is 4.90 Å². The van der Waals surface area contributed by atoms with Crippen LogP contribution in [0.5, 0.6) is 0 Å². The molecule has 6 nitrogen and oxygen atoms in total. The van der Waals surface area contributed by atoms with Gasteiger partial charge in [-0.3, -0.25) is 4.79 Å². The van der Waals surface area contributed by atoms with Gasteiger partial charge in [-0.25, -0.2) is 9.69 Å². The number of imide groups is 1. The first-order valence-corrected chi connectivity index (χ1v) is 4.41. The summed E-state index contributed by atoms with van der Waals surface area (Å²) in [6.07, 6.45) is -0.419. The van der Waals surface area contributed by atoms with Gasteiger partial charge in [0.25, 0.3) is 0 Å². The van der Waals surface area contributed by atoms with Gasteiger partial charge in [-0.05, 0) is 18.2 Å². The van der Waals surface area contributed by atoms with Gasteiger partial charge in [-0.1, -0.05) is 6.07 Å². The second kappa shape index (κ2) is 4.79. The first kappa shape index (κ1) is 11.5. The molecule has 0 radical (unpaired) electrons. The summed E-state index contributed by atoms with van der Waals surface area (Å²) < 4.78 is 0. The molecule has 0 fully saturated rings. The smallest absolute Gasteiger partial charge is 0.326 e. The van der Waals surface area contributed by atoms with E-state index in [9.17, 15) is 9.59 Å². The lowest BCUT2D eigenvalue weighted by Gasteiger charge is -2.17. The Balaban J connectivity index is 3.09. The molecule has 0 unspecified atom stereocenters. The molecule has 3 amide bonds. The van der Waals surface area contributed by atoms with Gasteiger partial charge in [-0.2, -0.15) is 5.26 Å². The topological polar surface area (TPSA) is 113 Å². The maximum atomic E-state index is 11.5. The van der Waals surface area contributed by atoms with Crippen molar-refractivity contribution in [2.45, 2.75) is 6.42 Å². The zero-order valence-electron chi connectivity index (χ0n) is 8.38. The highest BCUT2D eigenvalue weighted by atomic mass is 16.2. The van der Waals surface area contributed by atoms with E-state index >= 15 is 0 Å². The summed E-state index contributed by atoms with van der Waals surface area (Å²) in [6.45, 7) is 0. The van der Waals surface area contributed by atoms with E-state index < -0.39 is 18.4 Å². The third-order valence-corrected chi connectivity index (χ3v) is 1.83. The van der Waals surface area contributed by atoms with Crippen LogP contribution < -0.4 is 16.4 Å². The number of urea groups is 1. The highest BCUT2D eigenvalue weighted by Crippen LogP contribution is 2.18. The van der Waals surface area contributed by atoms with E-state index in [1.807, 2.05) is 0 Å². The Morgan fingerprint density at radius 2 is 2.12 bits per heavy atom. The van der Waals surface area contributed by atoms with E-state index in [0.29, 0.717) is 5.69 Å². The molecule has 1 rings (SSSR count). The SMILES string of the molecule is N#CCC(=O)N(C(N)=O)c1cccc(N)c1. The number of nitrogens with zero attached hydrogens (tertiary/aromatic N) is 2. The fourth-order valence-electron chi connectivity index (χ4n) is 1.20. The molecule has 0 atom stereocenters. The molecule has 1 aromatic carbocycles. The number of nitriles is 1. The third kappa shape index (κ3) is 2.48. The first-order chi connectivity index (χ1) is 7.56. The highest BCUT2D eigenvalue weighted by molar-refractivity contribution is 6.14. The number of carbonyl (C=O) groups excluding carboxylic acids is 2. The van der Waals surface area contributed by atoms with Crippen molar-refractivity contribution in [2.75, 3.05) is 10.6 Å². The molecule has 1 aromatic rings. The molecule has 0 aliphatic rings. The first-order valence-electron chi connectivity index (χ1n) is 4.41. The lowest BCUT2D eigenvalue weighted by molar-refractivity contribution is -0.116. The van der Waals surface area contributed by atoms with Crippen LogP contribution in [0.25, 0.3) is 0 Å². The Bertz CT molecular complexity index is 464. The number of primary amides is 1.